The second kappa shape index (κ2) is 6.21. The predicted molar refractivity (Wildman–Crippen MR) is 64.3 cm³/mol. The van der Waals surface area contributed by atoms with Crippen LogP contribution in [0.1, 0.15) is 20.8 Å². The maximum absolute atomic E-state index is 11.1. The fourth-order valence-corrected chi connectivity index (χ4v) is 2.01. The van der Waals surface area contributed by atoms with Crippen LogP contribution in [0.5, 0.6) is 0 Å². The van der Waals surface area contributed by atoms with Crippen LogP contribution in [0.25, 0.3) is 0 Å². The van der Waals surface area contributed by atoms with Crippen molar-refractivity contribution in [3.63, 3.8) is 0 Å². The average Bonchev–Trinajstić information content (AvgIpc) is 2.16. The van der Waals surface area contributed by atoms with Crippen LogP contribution in [0, 0.1) is 5.92 Å². The zero-order valence-electron chi connectivity index (χ0n) is 10.9. The van der Waals surface area contributed by atoms with Gasteiger partial charge in [0.05, 0.1) is 12.7 Å². The molecule has 0 unspecified atom stereocenters. The smallest absolute Gasteiger partial charge is 0.219 e. The van der Waals surface area contributed by atoms with E-state index in [0.717, 1.165) is 26.2 Å². The van der Waals surface area contributed by atoms with Crippen molar-refractivity contribution in [3.05, 3.63) is 0 Å². The van der Waals surface area contributed by atoms with Gasteiger partial charge in [-0.05, 0) is 5.92 Å². The molecule has 1 aliphatic heterocycles. The van der Waals surface area contributed by atoms with E-state index in [9.17, 15) is 4.79 Å². The van der Waals surface area contributed by atoms with Crippen LogP contribution in [0.3, 0.4) is 0 Å². The first-order valence-electron chi connectivity index (χ1n) is 6.04. The lowest BCUT2D eigenvalue weighted by Crippen LogP contribution is -2.48. The molecule has 1 rings (SSSR count). The molecule has 1 saturated heterocycles. The van der Waals surface area contributed by atoms with Gasteiger partial charge >= 0.3 is 0 Å². The van der Waals surface area contributed by atoms with Crippen LogP contribution in [-0.2, 0) is 9.53 Å². The third-order valence-electron chi connectivity index (χ3n) is 2.86. The third-order valence-corrected chi connectivity index (χ3v) is 2.86. The first-order valence-corrected chi connectivity index (χ1v) is 6.04. The van der Waals surface area contributed by atoms with Crippen molar-refractivity contribution < 1.29 is 9.53 Å². The van der Waals surface area contributed by atoms with Crippen molar-refractivity contribution in [3.8, 4) is 0 Å². The normalized spacial score (nSPS) is 22.4. The predicted octanol–water partition coefficient (Wildman–Crippen LogP) is 0.821. The molecule has 0 spiro atoms. The number of likely N-dealkylation sites (N-methyl/N-ethyl adjacent to an activating group) is 1. The number of nitrogens with zero attached hydrogens (tertiary/aromatic N) is 2. The Balaban J connectivity index is 2.35. The van der Waals surface area contributed by atoms with Gasteiger partial charge in [-0.25, -0.2) is 0 Å². The third kappa shape index (κ3) is 4.49. The summed E-state index contributed by atoms with van der Waals surface area (Å²) in [5.41, 5.74) is 0. The summed E-state index contributed by atoms with van der Waals surface area (Å²) in [6, 6.07) is 0. The number of carbonyl (C=O) groups excluding carboxylic acids is 1. The van der Waals surface area contributed by atoms with Crippen LogP contribution in [0.15, 0.2) is 0 Å². The Labute approximate surface area is 98.5 Å². The van der Waals surface area contributed by atoms with Crippen molar-refractivity contribution in [1.82, 2.24) is 9.80 Å². The number of ether oxygens (including phenoxy) is 1. The summed E-state index contributed by atoms with van der Waals surface area (Å²) >= 11 is 0. The molecular formula is C12H24N2O2. The van der Waals surface area contributed by atoms with Crippen LogP contribution in [-0.4, -0.2) is 61.6 Å². The van der Waals surface area contributed by atoms with Crippen molar-refractivity contribution in [2.45, 2.75) is 26.9 Å². The molecule has 0 radical (unpaired) electrons. The van der Waals surface area contributed by atoms with Crippen molar-refractivity contribution in [2.24, 2.45) is 5.92 Å². The summed E-state index contributed by atoms with van der Waals surface area (Å²) in [5, 5.41) is 0. The molecule has 16 heavy (non-hydrogen) atoms. The number of hydrogen-bond acceptors (Lipinski definition) is 3. The van der Waals surface area contributed by atoms with E-state index in [1.54, 1.807) is 11.8 Å². The molecule has 1 aliphatic rings. The van der Waals surface area contributed by atoms with Crippen molar-refractivity contribution >= 4 is 5.91 Å². The van der Waals surface area contributed by atoms with E-state index in [1.165, 1.54) is 0 Å². The highest BCUT2D eigenvalue weighted by Gasteiger charge is 2.22. The van der Waals surface area contributed by atoms with Gasteiger partial charge in [-0.15, -0.1) is 0 Å². The first kappa shape index (κ1) is 13.5. The van der Waals surface area contributed by atoms with Crippen LogP contribution >= 0.6 is 0 Å². The molecule has 0 saturated carbocycles. The molecule has 1 atom stereocenters. The first-order chi connectivity index (χ1) is 7.49. The minimum absolute atomic E-state index is 0.101. The largest absolute Gasteiger partial charge is 0.374 e. The summed E-state index contributed by atoms with van der Waals surface area (Å²) in [6.45, 7) is 10.6. The Kier molecular flexibility index (Phi) is 5.22. The molecule has 0 bridgehead atoms. The van der Waals surface area contributed by atoms with E-state index in [-0.39, 0.29) is 12.0 Å². The van der Waals surface area contributed by atoms with Gasteiger partial charge in [0.1, 0.15) is 0 Å². The quantitative estimate of drug-likeness (QED) is 0.714. The van der Waals surface area contributed by atoms with Gasteiger partial charge in [0.2, 0.25) is 5.91 Å². The molecular weight excluding hydrogens is 204 g/mol. The van der Waals surface area contributed by atoms with Gasteiger partial charge in [0, 0.05) is 40.2 Å². The molecule has 0 aromatic rings. The Bertz CT molecular complexity index is 231. The van der Waals surface area contributed by atoms with Crippen LogP contribution in [0.4, 0.5) is 0 Å². The second-order valence-corrected chi connectivity index (χ2v) is 5.05. The molecule has 1 amide bonds. The molecule has 1 heterocycles. The number of hydrogen-bond donors (Lipinski definition) is 0. The Hall–Kier alpha value is -0.610. The molecule has 0 aromatic carbocycles. The van der Waals surface area contributed by atoms with E-state index in [2.05, 4.69) is 18.7 Å². The second-order valence-electron chi connectivity index (χ2n) is 5.05. The molecule has 4 heteroatoms. The van der Waals surface area contributed by atoms with Gasteiger partial charge in [-0.1, -0.05) is 13.8 Å². The van der Waals surface area contributed by atoms with Crippen LogP contribution in [0.2, 0.25) is 0 Å². The fraction of sp³-hybridized carbons (Fsp3) is 0.917. The van der Waals surface area contributed by atoms with Gasteiger partial charge in [-0.3, -0.25) is 9.69 Å². The van der Waals surface area contributed by atoms with E-state index >= 15 is 0 Å². The van der Waals surface area contributed by atoms with Crippen molar-refractivity contribution in [2.75, 3.05) is 39.8 Å². The summed E-state index contributed by atoms with van der Waals surface area (Å²) in [6.07, 6.45) is 0.168. The molecule has 0 aliphatic carbocycles. The fourth-order valence-electron chi connectivity index (χ4n) is 2.01. The van der Waals surface area contributed by atoms with Gasteiger partial charge in [-0.2, -0.15) is 0 Å². The molecule has 0 aromatic heterocycles. The number of morpholine rings is 1. The average molecular weight is 228 g/mol. The van der Waals surface area contributed by atoms with Gasteiger partial charge in [0.15, 0.2) is 0 Å². The van der Waals surface area contributed by atoms with E-state index < -0.39 is 0 Å². The summed E-state index contributed by atoms with van der Waals surface area (Å²) in [7, 11) is 1.83. The monoisotopic (exact) mass is 228 g/mol. The summed E-state index contributed by atoms with van der Waals surface area (Å²) < 4.78 is 5.68. The lowest BCUT2D eigenvalue weighted by molar-refractivity contribution is -0.130. The Morgan fingerprint density at radius 1 is 1.56 bits per heavy atom. The van der Waals surface area contributed by atoms with Crippen molar-refractivity contribution in [1.29, 1.82) is 0 Å². The number of amides is 1. The molecule has 0 N–H and O–H groups in total. The number of carbonyl (C=O) groups is 1. The minimum Gasteiger partial charge on any atom is -0.374 e. The van der Waals surface area contributed by atoms with Gasteiger partial charge < -0.3 is 9.64 Å². The highest BCUT2D eigenvalue weighted by atomic mass is 16.5. The van der Waals surface area contributed by atoms with E-state index in [0.29, 0.717) is 12.5 Å². The highest BCUT2D eigenvalue weighted by molar-refractivity contribution is 5.72. The number of rotatable bonds is 4. The molecule has 94 valence electrons. The summed E-state index contributed by atoms with van der Waals surface area (Å²) in [4.78, 5) is 15.3. The lowest BCUT2D eigenvalue weighted by atomic mass is 10.1. The molecule has 4 nitrogen and oxygen atoms in total. The topological polar surface area (TPSA) is 32.8 Å². The Morgan fingerprint density at radius 2 is 2.25 bits per heavy atom. The zero-order valence-corrected chi connectivity index (χ0v) is 10.9. The van der Waals surface area contributed by atoms with Gasteiger partial charge in [0.25, 0.3) is 0 Å². The maximum atomic E-state index is 11.1. The zero-order chi connectivity index (χ0) is 12.1. The summed E-state index contributed by atoms with van der Waals surface area (Å²) in [5.74, 6) is 0.786. The van der Waals surface area contributed by atoms with E-state index in [1.807, 2.05) is 7.05 Å². The SMILES string of the molecule is CC(=O)N(C)C[C@H]1CN(CC(C)C)CCO1. The highest BCUT2D eigenvalue weighted by Crippen LogP contribution is 2.08. The maximum Gasteiger partial charge on any atom is 0.219 e. The molecule has 1 fully saturated rings. The Morgan fingerprint density at radius 3 is 2.81 bits per heavy atom. The van der Waals surface area contributed by atoms with E-state index in [4.69, 9.17) is 4.74 Å². The minimum atomic E-state index is 0.101. The lowest BCUT2D eigenvalue weighted by Gasteiger charge is -2.35. The standard InChI is InChI=1S/C12H24N2O2/c1-10(2)7-14-5-6-16-12(9-14)8-13(4)11(3)15/h10,12H,5-9H2,1-4H3/t12-/m0/s1. The van der Waals surface area contributed by atoms with Crippen LogP contribution < -0.4 is 0 Å².